The van der Waals surface area contributed by atoms with Crippen molar-refractivity contribution in [1.82, 2.24) is 0 Å². The molecule has 0 aliphatic rings. The fourth-order valence-electron chi connectivity index (χ4n) is 0. The Labute approximate surface area is 48.1 Å². The van der Waals surface area contributed by atoms with Gasteiger partial charge in [0, 0.05) is 0 Å². The van der Waals surface area contributed by atoms with Crippen molar-refractivity contribution < 1.29 is 27.5 Å². The Kier molecular flexibility index (Phi) is 41.2. The second kappa shape index (κ2) is 22.4. The van der Waals surface area contributed by atoms with E-state index < -0.39 is 0 Å². The van der Waals surface area contributed by atoms with Crippen molar-refractivity contribution in [2.24, 2.45) is 0 Å². The second-order valence-corrected chi connectivity index (χ2v) is 0.500. The Hall–Kier alpha value is 0.683. The van der Waals surface area contributed by atoms with Gasteiger partial charge in [-0.05, 0) is 0 Å². The predicted octanol–water partition coefficient (Wildman–Crippen LogP) is 1.11. The van der Waals surface area contributed by atoms with Crippen LogP contribution in [0.4, 0.5) is 0 Å². The van der Waals surface area contributed by atoms with Crippen LogP contribution in [0.15, 0.2) is 0 Å². The maximum absolute atomic E-state index is 8.34. The van der Waals surface area contributed by atoms with Gasteiger partial charge in [0.15, 0.2) is 0 Å². The second-order valence-electron chi connectivity index (χ2n) is 0.500. The molecule has 0 aromatic heterocycles. The van der Waals surface area contributed by atoms with Crippen molar-refractivity contribution in [2.75, 3.05) is 0 Å². The van der Waals surface area contributed by atoms with Crippen LogP contribution in [0.1, 0.15) is 13.3 Å². The predicted molar refractivity (Wildman–Crippen MR) is 16.3 cm³/mol. The quantitative estimate of drug-likeness (QED) is 0.473. The molecule has 0 aromatic rings. The van der Waals surface area contributed by atoms with E-state index in [1.807, 2.05) is 6.92 Å². The average molecular weight is 150 g/mol. The Balaban J connectivity index is 0. The summed E-state index contributed by atoms with van der Waals surface area (Å²) in [6.45, 7) is 5.50. The summed E-state index contributed by atoms with van der Waals surface area (Å²) >= 11 is 0.300. The van der Waals surface area contributed by atoms with Crippen molar-refractivity contribution in [3.63, 3.8) is 0 Å². The molecule has 1 nitrogen and oxygen atoms in total. The average Bonchev–Trinajstić information content (AvgIpc) is 1.46. The van der Waals surface area contributed by atoms with Gasteiger partial charge in [-0.1, -0.05) is 6.92 Å². The Morgan fingerprint density at radius 2 is 1.80 bits per heavy atom. The van der Waals surface area contributed by atoms with Crippen LogP contribution in [0.5, 0.6) is 0 Å². The molecule has 0 aliphatic heterocycles. The zero-order valence-electron chi connectivity index (χ0n) is 3.32. The van der Waals surface area contributed by atoms with Gasteiger partial charge in [-0.15, -0.1) is 0 Å². The molecule has 0 spiro atoms. The van der Waals surface area contributed by atoms with Gasteiger partial charge in [0.25, 0.3) is 0 Å². The molecule has 0 saturated carbocycles. The van der Waals surface area contributed by atoms with E-state index in [-0.39, 0.29) is 0 Å². The molecule has 0 N–H and O–H groups in total. The zero-order valence-corrected chi connectivity index (χ0v) is 5.78. The SMILES string of the molecule is [CH2-]CC.[O]=[Zr]. The van der Waals surface area contributed by atoms with Gasteiger partial charge in [-0.2, -0.15) is 6.42 Å². The van der Waals surface area contributed by atoms with Gasteiger partial charge in [0.1, 0.15) is 0 Å². The monoisotopic (exact) mass is 149 g/mol. The minimum atomic E-state index is 0.300. The van der Waals surface area contributed by atoms with Crippen molar-refractivity contribution >= 4 is 0 Å². The molecular formula is C3H7OZr-. The van der Waals surface area contributed by atoms with Crippen LogP contribution in [0, 0.1) is 6.92 Å². The molecule has 0 saturated heterocycles. The van der Waals surface area contributed by atoms with E-state index in [1.165, 1.54) is 0 Å². The molecule has 0 radical (unpaired) electrons. The van der Waals surface area contributed by atoms with E-state index in [4.69, 9.17) is 2.81 Å². The van der Waals surface area contributed by atoms with Crippen LogP contribution >= 0.6 is 0 Å². The molecule has 0 aromatic carbocycles. The van der Waals surface area contributed by atoms with E-state index in [0.29, 0.717) is 24.7 Å². The van der Waals surface area contributed by atoms with Gasteiger partial charge in [0.05, 0.1) is 0 Å². The van der Waals surface area contributed by atoms with Crippen molar-refractivity contribution in [2.45, 2.75) is 13.3 Å². The normalized spacial score (nSPS) is 4.20. The third kappa shape index (κ3) is 72.2. The molecule has 0 bridgehead atoms. The molecule has 0 amide bonds. The topological polar surface area (TPSA) is 17.1 Å². The van der Waals surface area contributed by atoms with Gasteiger partial charge in [-0.25, -0.2) is 0 Å². The van der Waals surface area contributed by atoms with Crippen molar-refractivity contribution in [3.8, 4) is 0 Å². The molecule has 2 heteroatoms. The number of hydrogen-bond acceptors (Lipinski definition) is 1. The standard InChI is InChI=1S/C3H7.O.Zr/c1-3-2;;/h1,3H2,2H3;;/q-1;;. The van der Waals surface area contributed by atoms with Gasteiger partial charge >= 0.3 is 27.5 Å². The van der Waals surface area contributed by atoms with Gasteiger partial charge < -0.3 is 6.92 Å². The van der Waals surface area contributed by atoms with Crippen LogP contribution < -0.4 is 0 Å². The first-order valence-electron chi connectivity index (χ1n) is 1.41. The Morgan fingerprint density at radius 3 is 1.80 bits per heavy atom. The summed E-state index contributed by atoms with van der Waals surface area (Å²) < 4.78 is 8.34. The third-order valence-corrected chi connectivity index (χ3v) is 0. The fourth-order valence-corrected chi connectivity index (χ4v) is 0. The number of hydrogen-bond donors (Lipinski definition) is 0. The Morgan fingerprint density at radius 1 is 1.80 bits per heavy atom. The summed E-state index contributed by atoms with van der Waals surface area (Å²) in [6, 6.07) is 0. The fraction of sp³-hybridized carbons (Fsp3) is 0.667. The Bertz CT molecular complexity index is 10.9. The summed E-state index contributed by atoms with van der Waals surface area (Å²) in [5.41, 5.74) is 0. The van der Waals surface area contributed by atoms with E-state index >= 15 is 0 Å². The van der Waals surface area contributed by atoms with E-state index in [9.17, 15) is 0 Å². The van der Waals surface area contributed by atoms with Crippen LogP contribution in [0.25, 0.3) is 0 Å². The molecule has 0 atom stereocenters. The molecular weight excluding hydrogens is 143 g/mol. The van der Waals surface area contributed by atoms with E-state index in [0.717, 1.165) is 6.42 Å². The summed E-state index contributed by atoms with van der Waals surface area (Å²) in [4.78, 5) is 0. The molecule has 0 aliphatic carbocycles. The number of rotatable bonds is 0. The maximum atomic E-state index is 8.34. The molecule has 30 valence electrons. The summed E-state index contributed by atoms with van der Waals surface area (Å²) in [6.07, 6.45) is 1.00. The summed E-state index contributed by atoms with van der Waals surface area (Å²) in [5.74, 6) is 0. The first-order chi connectivity index (χ1) is 2.41. The molecule has 0 unspecified atom stereocenters. The molecule has 5 heavy (non-hydrogen) atoms. The molecule has 0 rings (SSSR count). The van der Waals surface area contributed by atoms with Crippen molar-refractivity contribution in [1.29, 1.82) is 0 Å². The van der Waals surface area contributed by atoms with Crippen LogP contribution in [-0.4, -0.2) is 0 Å². The van der Waals surface area contributed by atoms with Crippen LogP contribution in [0.3, 0.4) is 0 Å². The first-order valence-corrected chi connectivity index (χ1v) is 2.41. The minimum absolute atomic E-state index is 0.300. The van der Waals surface area contributed by atoms with Crippen LogP contribution in [0.2, 0.25) is 0 Å². The van der Waals surface area contributed by atoms with Gasteiger partial charge in [-0.3, -0.25) is 0 Å². The third-order valence-electron chi connectivity index (χ3n) is 0. The molecule has 0 fully saturated rings. The van der Waals surface area contributed by atoms with Crippen molar-refractivity contribution in [3.05, 3.63) is 6.92 Å². The van der Waals surface area contributed by atoms with Crippen LogP contribution in [-0.2, 0) is 27.5 Å². The van der Waals surface area contributed by atoms with Gasteiger partial charge in [0.2, 0.25) is 0 Å². The summed E-state index contributed by atoms with van der Waals surface area (Å²) in [5, 5.41) is 0. The zero-order chi connectivity index (χ0) is 4.71. The molecule has 0 heterocycles. The summed E-state index contributed by atoms with van der Waals surface area (Å²) in [7, 11) is 0. The van der Waals surface area contributed by atoms with E-state index in [2.05, 4.69) is 6.92 Å². The van der Waals surface area contributed by atoms with E-state index in [1.54, 1.807) is 0 Å². The first kappa shape index (κ1) is 9.19.